The Morgan fingerprint density at radius 1 is 1.10 bits per heavy atom. The Kier molecular flexibility index (Phi) is 6.72. The zero-order valence-electron chi connectivity index (χ0n) is 17.3. The van der Waals surface area contributed by atoms with E-state index >= 15 is 0 Å². The Morgan fingerprint density at radius 3 is 2.41 bits per heavy atom. The molecule has 2 aromatic carbocycles. The molecule has 1 heterocycles. The van der Waals surface area contributed by atoms with Crippen molar-refractivity contribution in [3.8, 4) is 0 Å². The summed E-state index contributed by atoms with van der Waals surface area (Å²) in [7, 11) is 0.313. The van der Waals surface area contributed by atoms with Crippen LogP contribution in [0, 0.1) is 6.92 Å². The van der Waals surface area contributed by atoms with E-state index in [0.29, 0.717) is 25.9 Å². The fourth-order valence-corrected chi connectivity index (χ4v) is 5.32. The van der Waals surface area contributed by atoms with E-state index in [1.54, 1.807) is 24.3 Å². The topological polar surface area (TPSA) is 69.7 Å². The minimum absolute atomic E-state index is 0.235. The normalized spacial score (nSPS) is 17.6. The van der Waals surface area contributed by atoms with Gasteiger partial charge >= 0.3 is 0 Å². The molecule has 0 aliphatic carbocycles. The van der Waals surface area contributed by atoms with Crippen molar-refractivity contribution >= 4 is 15.9 Å². The number of nitrogens with zero attached hydrogens (tertiary/aromatic N) is 2. The maximum absolute atomic E-state index is 13.1. The van der Waals surface area contributed by atoms with E-state index in [2.05, 4.69) is 10.2 Å². The van der Waals surface area contributed by atoms with Crippen LogP contribution in [0.1, 0.15) is 29.5 Å². The summed E-state index contributed by atoms with van der Waals surface area (Å²) in [5, 5.41) is 2.95. The number of hydrogen-bond donors (Lipinski definition) is 1. The molecular formula is C22H29N3O3S. The van der Waals surface area contributed by atoms with Crippen LogP contribution in [0.5, 0.6) is 0 Å². The van der Waals surface area contributed by atoms with E-state index < -0.39 is 16.1 Å². The molecule has 1 aliphatic rings. The second-order valence-corrected chi connectivity index (χ2v) is 9.70. The number of carbonyl (C=O) groups excluding carboxylic acids is 1. The molecular weight excluding hydrogens is 386 g/mol. The van der Waals surface area contributed by atoms with Gasteiger partial charge in [-0.1, -0.05) is 42.0 Å². The summed E-state index contributed by atoms with van der Waals surface area (Å²) in [5.41, 5.74) is 3.19. The fraction of sp³-hybridized carbons (Fsp3) is 0.409. The molecule has 29 heavy (non-hydrogen) atoms. The second kappa shape index (κ2) is 9.07. The number of nitrogens with one attached hydrogen (secondary N) is 1. The Bertz CT molecular complexity index is 956. The standard InChI is InChI=1S/C22H29N3O3S/c1-17-10-12-20(13-11-17)29(27,28)25-14-6-9-21(25)22(26)23-15-18-7-4-5-8-19(18)16-24(2)3/h4-5,7-8,10-13,21H,6,9,14-16H2,1-3H3,(H,23,26)/t21-/m0/s1. The quantitative estimate of drug-likeness (QED) is 0.755. The van der Waals surface area contributed by atoms with Crippen molar-refractivity contribution in [1.29, 1.82) is 0 Å². The summed E-state index contributed by atoms with van der Waals surface area (Å²) < 4.78 is 27.4. The van der Waals surface area contributed by atoms with Gasteiger partial charge in [0.2, 0.25) is 15.9 Å². The molecule has 1 saturated heterocycles. The monoisotopic (exact) mass is 415 g/mol. The minimum atomic E-state index is -3.69. The van der Waals surface area contributed by atoms with Crippen LogP contribution < -0.4 is 5.32 Å². The second-order valence-electron chi connectivity index (χ2n) is 7.81. The molecule has 0 spiro atoms. The Balaban J connectivity index is 1.72. The van der Waals surface area contributed by atoms with Crippen molar-refractivity contribution in [2.45, 2.75) is 43.8 Å². The first-order valence-corrected chi connectivity index (χ1v) is 11.3. The summed E-state index contributed by atoms with van der Waals surface area (Å²) in [5.74, 6) is -0.238. The lowest BCUT2D eigenvalue weighted by Crippen LogP contribution is -2.45. The molecule has 3 rings (SSSR count). The van der Waals surface area contributed by atoms with Gasteiger partial charge < -0.3 is 10.2 Å². The summed E-state index contributed by atoms with van der Waals surface area (Å²) in [6.07, 6.45) is 1.22. The molecule has 1 N–H and O–H groups in total. The summed E-state index contributed by atoms with van der Waals surface area (Å²) in [6, 6.07) is 14.1. The molecule has 1 fully saturated rings. The van der Waals surface area contributed by atoms with E-state index in [9.17, 15) is 13.2 Å². The van der Waals surface area contributed by atoms with Crippen LogP contribution in [0.25, 0.3) is 0 Å². The molecule has 7 heteroatoms. The number of amides is 1. The average molecular weight is 416 g/mol. The third kappa shape index (κ3) is 5.04. The van der Waals surface area contributed by atoms with E-state index in [4.69, 9.17) is 0 Å². The molecule has 0 saturated carbocycles. The van der Waals surface area contributed by atoms with Crippen LogP contribution in [0.2, 0.25) is 0 Å². The maximum Gasteiger partial charge on any atom is 0.243 e. The van der Waals surface area contributed by atoms with Gasteiger partial charge in [-0.25, -0.2) is 8.42 Å². The van der Waals surface area contributed by atoms with Crippen LogP contribution in [-0.2, 0) is 27.9 Å². The lowest BCUT2D eigenvalue weighted by Gasteiger charge is -2.24. The predicted molar refractivity (Wildman–Crippen MR) is 114 cm³/mol. The first kappa shape index (κ1) is 21.5. The highest BCUT2D eigenvalue weighted by molar-refractivity contribution is 7.89. The van der Waals surface area contributed by atoms with Crippen molar-refractivity contribution < 1.29 is 13.2 Å². The van der Waals surface area contributed by atoms with Crippen molar-refractivity contribution in [3.63, 3.8) is 0 Å². The number of benzene rings is 2. The van der Waals surface area contributed by atoms with Crippen molar-refractivity contribution in [2.24, 2.45) is 0 Å². The highest BCUT2D eigenvalue weighted by Crippen LogP contribution is 2.26. The van der Waals surface area contributed by atoms with Gasteiger partial charge in [-0.3, -0.25) is 4.79 Å². The zero-order chi connectivity index (χ0) is 21.0. The van der Waals surface area contributed by atoms with Crippen LogP contribution in [0.3, 0.4) is 0 Å². The van der Waals surface area contributed by atoms with Crippen molar-refractivity contribution in [2.75, 3.05) is 20.6 Å². The lowest BCUT2D eigenvalue weighted by atomic mass is 10.1. The molecule has 1 amide bonds. The highest BCUT2D eigenvalue weighted by atomic mass is 32.2. The van der Waals surface area contributed by atoms with Gasteiger partial charge in [0.15, 0.2) is 0 Å². The number of hydrogen-bond acceptors (Lipinski definition) is 4. The number of aryl methyl sites for hydroxylation is 1. The number of sulfonamides is 1. The Hall–Kier alpha value is -2.22. The summed E-state index contributed by atoms with van der Waals surface area (Å²) in [4.78, 5) is 15.2. The minimum Gasteiger partial charge on any atom is -0.351 e. The van der Waals surface area contributed by atoms with E-state index in [0.717, 1.165) is 23.2 Å². The van der Waals surface area contributed by atoms with Crippen LogP contribution in [-0.4, -0.2) is 50.2 Å². The van der Waals surface area contributed by atoms with Crippen molar-refractivity contribution in [3.05, 3.63) is 65.2 Å². The number of rotatable bonds is 7. The Morgan fingerprint density at radius 2 is 1.76 bits per heavy atom. The van der Waals surface area contributed by atoms with Crippen molar-refractivity contribution in [1.82, 2.24) is 14.5 Å². The van der Waals surface area contributed by atoms with Gasteiger partial charge in [0.05, 0.1) is 4.90 Å². The largest absolute Gasteiger partial charge is 0.351 e. The zero-order valence-corrected chi connectivity index (χ0v) is 18.1. The summed E-state index contributed by atoms with van der Waals surface area (Å²) in [6.45, 7) is 3.45. The van der Waals surface area contributed by atoms with Gasteiger partial charge in [-0.15, -0.1) is 0 Å². The molecule has 2 aromatic rings. The molecule has 0 bridgehead atoms. The first-order valence-electron chi connectivity index (χ1n) is 9.87. The number of carbonyl (C=O) groups is 1. The molecule has 1 atom stereocenters. The third-order valence-electron chi connectivity index (χ3n) is 5.19. The molecule has 0 aromatic heterocycles. The van der Waals surface area contributed by atoms with Crippen LogP contribution >= 0.6 is 0 Å². The maximum atomic E-state index is 13.1. The first-order chi connectivity index (χ1) is 13.8. The fourth-order valence-electron chi connectivity index (χ4n) is 3.66. The van der Waals surface area contributed by atoms with Gasteiger partial charge in [0, 0.05) is 19.6 Å². The molecule has 0 radical (unpaired) electrons. The highest BCUT2D eigenvalue weighted by Gasteiger charge is 2.39. The average Bonchev–Trinajstić information content (AvgIpc) is 3.18. The molecule has 6 nitrogen and oxygen atoms in total. The predicted octanol–water partition coefficient (Wildman–Crippen LogP) is 2.53. The van der Waals surface area contributed by atoms with E-state index in [1.165, 1.54) is 4.31 Å². The summed E-state index contributed by atoms with van der Waals surface area (Å²) >= 11 is 0. The van der Waals surface area contributed by atoms with E-state index in [-0.39, 0.29) is 10.8 Å². The Labute approximate surface area is 173 Å². The van der Waals surface area contributed by atoms with Gasteiger partial charge in [0.25, 0.3) is 0 Å². The van der Waals surface area contributed by atoms with Crippen LogP contribution in [0.15, 0.2) is 53.4 Å². The third-order valence-corrected chi connectivity index (χ3v) is 7.11. The van der Waals surface area contributed by atoms with E-state index in [1.807, 2.05) is 45.3 Å². The SMILES string of the molecule is Cc1ccc(S(=O)(=O)N2CCC[C@H]2C(=O)NCc2ccccc2CN(C)C)cc1. The smallest absolute Gasteiger partial charge is 0.243 e. The van der Waals surface area contributed by atoms with Gasteiger partial charge in [-0.05, 0) is 57.1 Å². The molecule has 0 unspecified atom stereocenters. The van der Waals surface area contributed by atoms with Crippen LogP contribution in [0.4, 0.5) is 0 Å². The molecule has 1 aliphatic heterocycles. The molecule has 156 valence electrons. The van der Waals surface area contributed by atoms with Gasteiger partial charge in [0.1, 0.15) is 6.04 Å². The van der Waals surface area contributed by atoms with Gasteiger partial charge in [-0.2, -0.15) is 4.31 Å². The lowest BCUT2D eigenvalue weighted by molar-refractivity contribution is -0.124.